The molecule has 0 aromatic heterocycles. The Morgan fingerprint density at radius 3 is 1.71 bits per heavy atom. The fourth-order valence-electron chi connectivity index (χ4n) is 1.16. The Bertz CT molecular complexity index is 226. The molecule has 0 bridgehead atoms. The summed E-state index contributed by atoms with van der Waals surface area (Å²) in [5.74, 6) is 0. The van der Waals surface area contributed by atoms with Crippen LogP contribution in [0.3, 0.4) is 0 Å². The van der Waals surface area contributed by atoms with Crippen molar-refractivity contribution in [3.05, 3.63) is 35.4 Å². The smallest absolute Gasteiger partial charge is 0.0405 e. The van der Waals surface area contributed by atoms with Gasteiger partial charge in [-0.15, -0.1) is 0 Å². The van der Waals surface area contributed by atoms with Crippen LogP contribution in [0.2, 0.25) is 24.3 Å². The van der Waals surface area contributed by atoms with Gasteiger partial charge in [-0.05, 0) is 12.1 Å². The molecule has 14 heavy (non-hydrogen) atoms. The first-order valence-electron chi connectivity index (χ1n) is 5.16. The average molecular weight is 319 g/mol. The largest absolute Gasteiger partial charge is 0.0843 e. The minimum absolute atomic E-state index is 0.794. The molecule has 0 aliphatic rings. The Hall–Kier alpha value is 0.309. The van der Waals surface area contributed by atoms with Crippen molar-refractivity contribution >= 4 is 30.0 Å². The minimum Gasteiger partial charge on any atom is -0.0843 e. The third-order valence-corrected chi connectivity index (χ3v) is 7.69. The van der Waals surface area contributed by atoms with Crippen molar-refractivity contribution in [1.82, 2.24) is 0 Å². The van der Waals surface area contributed by atoms with E-state index in [-0.39, 0.29) is 0 Å². The van der Waals surface area contributed by atoms with Crippen LogP contribution in [0, 0.1) is 0 Å². The first-order valence-corrected chi connectivity index (χ1v) is 16.1. The second-order valence-electron chi connectivity index (χ2n) is 4.61. The van der Waals surface area contributed by atoms with E-state index >= 15 is 0 Å². The summed E-state index contributed by atoms with van der Waals surface area (Å²) in [7, 11) is 0. The molecule has 0 heterocycles. The van der Waals surface area contributed by atoms with Gasteiger partial charge >= 0.3 is 51.0 Å². The molecule has 0 radical (unpaired) electrons. The molecule has 0 unspecified atom stereocenters. The fourth-order valence-corrected chi connectivity index (χ4v) is 5.59. The van der Waals surface area contributed by atoms with Crippen LogP contribution in [-0.4, -0.2) is 18.4 Å². The zero-order valence-electron chi connectivity index (χ0n) is 9.68. The maximum absolute atomic E-state index is 5.54. The molecule has 0 N–H and O–H groups in total. The molecule has 0 saturated carbocycles. The van der Waals surface area contributed by atoms with Crippen LogP contribution >= 0.6 is 11.6 Å². The summed E-state index contributed by atoms with van der Waals surface area (Å²) in [6, 6.07) is 9.44. The number of hydrogen-bond donors (Lipinski definition) is 0. The molecule has 1 rings (SSSR count). The van der Waals surface area contributed by atoms with Gasteiger partial charge in [-0.3, -0.25) is 0 Å². The van der Waals surface area contributed by atoms with E-state index in [9.17, 15) is 0 Å². The summed E-state index contributed by atoms with van der Waals surface area (Å²) in [6.07, 6.45) is 1.40. The zero-order chi connectivity index (χ0) is 11.0. The van der Waals surface area contributed by atoms with Crippen LogP contribution in [0.1, 0.15) is 13.3 Å². The van der Waals surface area contributed by atoms with Gasteiger partial charge in [0.2, 0.25) is 0 Å². The van der Waals surface area contributed by atoms with Crippen LogP contribution < -0.4 is 0 Å². The van der Waals surface area contributed by atoms with Crippen molar-refractivity contribution in [2.45, 2.75) is 32.6 Å². The van der Waals surface area contributed by atoms with E-state index in [0.717, 1.165) is 5.02 Å². The first-order chi connectivity index (χ1) is 6.45. The Morgan fingerprint density at radius 1 is 1.07 bits per heavy atom. The number of rotatable bonds is 2. The predicted octanol–water partition coefficient (Wildman–Crippen LogP) is 5.07. The van der Waals surface area contributed by atoms with Crippen LogP contribution in [0.4, 0.5) is 0 Å². The van der Waals surface area contributed by atoms with Crippen molar-refractivity contribution in [3.63, 3.8) is 0 Å². The van der Waals surface area contributed by atoms with E-state index in [0.29, 0.717) is 0 Å². The number of halogens is 1. The van der Waals surface area contributed by atoms with Gasteiger partial charge in [0.05, 0.1) is 0 Å². The fraction of sp³-hybridized carbons (Fsp3) is 0.500. The Morgan fingerprint density at radius 2 is 1.57 bits per heavy atom. The molecule has 0 nitrogen and oxygen atoms in total. The predicted molar refractivity (Wildman–Crippen MR) is 69.9 cm³/mol. The van der Waals surface area contributed by atoms with Crippen LogP contribution in [0.15, 0.2) is 30.3 Å². The molecule has 0 spiro atoms. The first kappa shape index (κ1) is 14.3. The quantitative estimate of drug-likeness (QED) is 0.667. The summed E-state index contributed by atoms with van der Waals surface area (Å²) >= 11 is 4.26. The Kier molecular flexibility index (Phi) is 7.75. The monoisotopic (exact) mass is 320 g/mol. The molecule has 0 fully saturated rings. The second kappa shape index (κ2) is 7.58. The molecule has 2 heteroatoms. The van der Waals surface area contributed by atoms with Gasteiger partial charge in [0.1, 0.15) is 0 Å². The molecule has 0 atom stereocenters. The third kappa shape index (κ3) is 10.4. The van der Waals surface area contributed by atoms with Gasteiger partial charge in [0, 0.05) is 5.02 Å². The van der Waals surface area contributed by atoms with Crippen LogP contribution in [-0.2, 0) is 0 Å². The normalized spacial score (nSPS) is 10.4. The van der Waals surface area contributed by atoms with Gasteiger partial charge in [-0.2, -0.15) is 0 Å². The van der Waals surface area contributed by atoms with E-state index in [4.69, 9.17) is 11.6 Å². The molecule has 0 aliphatic carbocycles. The van der Waals surface area contributed by atoms with Crippen LogP contribution in [0.25, 0.3) is 0 Å². The zero-order valence-corrected chi connectivity index (χ0v) is 13.3. The van der Waals surface area contributed by atoms with Crippen molar-refractivity contribution in [3.8, 4) is 0 Å². The van der Waals surface area contributed by atoms with E-state index in [1.165, 1.54) is 6.42 Å². The average Bonchev–Trinajstić information content (AvgIpc) is 2.04. The van der Waals surface area contributed by atoms with Gasteiger partial charge in [0.15, 0.2) is 0 Å². The summed E-state index contributed by atoms with van der Waals surface area (Å²) in [4.78, 5) is 7.45. The molecule has 0 aliphatic heterocycles. The van der Waals surface area contributed by atoms with Gasteiger partial charge in [-0.25, -0.2) is 0 Å². The summed E-state index contributed by atoms with van der Waals surface area (Å²) in [5.41, 5.74) is 0. The van der Waals surface area contributed by atoms with Crippen LogP contribution in [0.5, 0.6) is 0 Å². The molecular weight excluding hydrogens is 298 g/mol. The number of benzene rings is 1. The standard InChI is InChI=1S/C6H5Cl.C3H7.3CH3.Sn/c7-6-4-2-1-3-5-6;1-3-2;;;;/h1-5H;1,3H2,2H3;3*1H3;. The number of hydrogen-bond acceptors (Lipinski definition) is 0. The van der Waals surface area contributed by atoms with Gasteiger partial charge in [-0.1, -0.05) is 29.8 Å². The molecular formula is C12H21ClSn. The van der Waals surface area contributed by atoms with Gasteiger partial charge in [0.25, 0.3) is 0 Å². The van der Waals surface area contributed by atoms with Crippen molar-refractivity contribution in [1.29, 1.82) is 0 Å². The molecule has 0 saturated heterocycles. The molecule has 0 amide bonds. The molecule has 1 aromatic rings. The maximum Gasteiger partial charge on any atom is 0.0405 e. The Balaban J connectivity index is 0.000000241. The summed E-state index contributed by atoms with van der Waals surface area (Å²) in [6.45, 7) is 2.28. The van der Waals surface area contributed by atoms with Crippen molar-refractivity contribution < 1.29 is 0 Å². The van der Waals surface area contributed by atoms with Gasteiger partial charge < -0.3 is 0 Å². The maximum atomic E-state index is 5.54. The van der Waals surface area contributed by atoms with E-state index in [1.54, 1.807) is 4.44 Å². The van der Waals surface area contributed by atoms with E-state index < -0.39 is 18.4 Å². The van der Waals surface area contributed by atoms with Crippen molar-refractivity contribution in [2.75, 3.05) is 0 Å². The van der Waals surface area contributed by atoms with Crippen molar-refractivity contribution in [2.24, 2.45) is 0 Å². The summed E-state index contributed by atoms with van der Waals surface area (Å²) in [5, 5.41) is 0.794. The topological polar surface area (TPSA) is 0 Å². The molecule has 1 aromatic carbocycles. The van der Waals surface area contributed by atoms with E-state index in [1.807, 2.05) is 30.3 Å². The third-order valence-electron chi connectivity index (χ3n) is 1.73. The SMILES string of the molecule is CC[CH2][Sn]([CH3])([CH3])[CH3].Clc1ccccc1. The summed E-state index contributed by atoms with van der Waals surface area (Å²) < 4.78 is 1.55. The second-order valence-corrected chi connectivity index (χ2v) is 21.1. The van der Waals surface area contributed by atoms with E-state index in [2.05, 4.69) is 21.7 Å². The minimum atomic E-state index is -1.28. The molecule has 80 valence electrons. The Labute approximate surface area is 97.5 Å².